The molecular weight excluding hydrogens is 276 g/mol. The van der Waals surface area contributed by atoms with E-state index in [1.807, 2.05) is 0 Å². The van der Waals surface area contributed by atoms with E-state index in [1.54, 1.807) is 24.1 Å². The van der Waals surface area contributed by atoms with Crippen LogP contribution in [0.4, 0.5) is 5.69 Å². The van der Waals surface area contributed by atoms with Gasteiger partial charge in [-0.3, -0.25) is 4.79 Å². The molecule has 0 unspecified atom stereocenters. The molecule has 1 aliphatic rings. The molecule has 110 valence electrons. The molecule has 1 aromatic rings. The zero-order chi connectivity index (χ0) is 14.8. The van der Waals surface area contributed by atoms with Gasteiger partial charge >= 0.3 is 0 Å². The molecular formula is C14H20N2O3S. The minimum absolute atomic E-state index is 0.0536. The van der Waals surface area contributed by atoms with E-state index < -0.39 is 10.0 Å². The van der Waals surface area contributed by atoms with Crippen LogP contribution in [0.15, 0.2) is 29.2 Å². The summed E-state index contributed by atoms with van der Waals surface area (Å²) in [6, 6.07) is 6.05. The molecule has 1 aliphatic carbocycles. The summed E-state index contributed by atoms with van der Waals surface area (Å²) in [4.78, 5) is 13.8. The number of carbonyl (C=O) groups excluding carboxylic acids is 1. The summed E-state index contributed by atoms with van der Waals surface area (Å²) in [6.45, 7) is 0. The number of benzene rings is 1. The van der Waals surface area contributed by atoms with Gasteiger partial charge < -0.3 is 4.90 Å². The van der Waals surface area contributed by atoms with Gasteiger partial charge in [0.25, 0.3) is 0 Å². The monoisotopic (exact) mass is 296 g/mol. The predicted molar refractivity (Wildman–Crippen MR) is 77.8 cm³/mol. The van der Waals surface area contributed by atoms with Crippen LogP contribution in [0.5, 0.6) is 0 Å². The van der Waals surface area contributed by atoms with Crippen LogP contribution in [-0.4, -0.2) is 21.4 Å². The van der Waals surface area contributed by atoms with Crippen molar-refractivity contribution in [3.05, 3.63) is 24.3 Å². The first-order valence-electron chi connectivity index (χ1n) is 6.77. The third-order valence-electron chi connectivity index (χ3n) is 3.86. The fourth-order valence-electron chi connectivity index (χ4n) is 2.60. The van der Waals surface area contributed by atoms with Crippen LogP contribution in [-0.2, 0) is 14.8 Å². The quantitative estimate of drug-likeness (QED) is 0.921. The summed E-state index contributed by atoms with van der Waals surface area (Å²) >= 11 is 0. The molecule has 0 saturated heterocycles. The van der Waals surface area contributed by atoms with Gasteiger partial charge in [-0.1, -0.05) is 12.8 Å². The topological polar surface area (TPSA) is 80.5 Å². The van der Waals surface area contributed by atoms with Crippen molar-refractivity contribution in [3.8, 4) is 0 Å². The number of sulfonamides is 1. The molecule has 1 fully saturated rings. The number of hydrogen-bond acceptors (Lipinski definition) is 3. The Kier molecular flexibility index (Phi) is 4.45. The fourth-order valence-corrected chi connectivity index (χ4v) is 3.12. The molecule has 0 aliphatic heterocycles. The molecule has 0 heterocycles. The SMILES string of the molecule is CN(C(=O)CC1CCCC1)c1ccc(S(N)(=O)=O)cc1. The first-order valence-corrected chi connectivity index (χ1v) is 8.32. The van der Waals surface area contributed by atoms with E-state index in [-0.39, 0.29) is 10.8 Å². The molecule has 0 aromatic heterocycles. The maximum Gasteiger partial charge on any atom is 0.238 e. The Morgan fingerprint density at radius 1 is 1.25 bits per heavy atom. The molecule has 2 rings (SSSR count). The number of nitrogens with two attached hydrogens (primary N) is 1. The maximum absolute atomic E-state index is 12.2. The highest BCUT2D eigenvalue weighted by Gasteiger charge is 2.21. The van der Waals surface area contributed by atoms with Gasteiger partial charge in [-0.05, 0) is 43.0 Å². The Labute approximate surface area is 119 Å². The van der Waals surface area contributed by atoms with Crippen molar-refractivity contribution in [2.24, 2.45) is 11.1 Å². The molecule has 6 heteroatoms. The molecule has 0 radical (unpaired) electrons. The van der Waals surface area contributed by atoms with E-state index >= 15 is 0 Å². The number of hydrogen-bond donors (Lipinski definition) is 1. The lowest BCUT2D eigenvalue weighted by atomic mass is 10.0. The molecule has 5 nitrogen and oxygen atoms in total. The number of amides is 1. The van der Waals surface area contributed by atoms with E-state index in [4.69, 9.17) is 5.14 Å². The van der Waals surface area contributed by atoms with E-state index in [2.05, 4.69) is 0 Å². The highest BCUT2D eigenvalue weighted by atomic mass is 32.2. The minimum Gasteiger partial charge on any atom is -0.315 e. The molecule has 1 saturated carbocycles. The third kappa shape index (κ3) is 3.58. The lowest BCUT2D eigenvalue weighted by Gasteiger charge is -2.19. The minimum atomic E-state index is -3.69. The van der Waals surface area contributed by atoms with Crippen LogP contribution >= 0.6 is 0 Å². The lowest BCUT2D eigenvalue weighted by molar-refractivity contribution is -0.119. The summed E-state index contributed by atoms with van der Waals surface area (Å²) in [5, 5.41) is 5.04. The van der Waals surface area contributed by atoms with E-state index in [0.717, 1.165) is 12.8 Å². The normalized spacial score (nSPS) is 16.3. The van der Waals surface area contributed by atoms with Gasteiger partial charge in [-0.25, -0.2) is 13.6 Å². The predicted octanol–water partition coefficient (Wildman–Crippen LogP) is 1.88. The standard InChI is InChI=1S/C14H20N2O3S/c1-16(14(17)10-11-4-2-3-5-11)12-6-8-13(9-7-12)20(15,18)19/h6-9,11H,2-5,10H2,1H3,(H2,15,18,19). The van der Waals surface area contributed by atoms with E-state index in [1.165, 1.54) is 25.0 Å². The molecule has 0 atom stereocenters. The lowest BCUT2D eigenvalue weighted by Crippen LogP contribution is -2.27. The average Bonchev–Trinajstić information content (AvgIpc) is 2.90. The zero-order valence-corrected chi connectivity index (χ0v) is 12.4. The van der Waals surface area contributed by atoms with Crippen LogP contribution in [0.1, 0.15) is 32.1 Å². The smallest absolute Gasteiger partial charge is 0.238 e. The Morgan fingerprint density at radius 2 is 1.80 bits per heavy atom. The first kappa shape index (κ1) is 15.0. The largest absolute Gasteiger partial charge is 0.315 e. The second kappa shape index (κ2) is 5.93. The van der Waals surface area contributed by atoms with Gasteiger partial charge in [0.15, 0.2) is 0 Å². The van der Waals surface area contributed by atoms with Crippen LogP contribution in [0, 0.1) is 5.92 Å². The number of primary sulfonamides is 1. The number of nitrogens with zero attached hydrogens (tertiary/aromatic N) is 1. The summed E-state index contributed by atoms with van der Waals surface area (Å²) in [7, 11) is -1.98. The fraction of sp³-hybridized carbons (Fsp3) is 0.500. The van der Waals surface area contributed by atoms with Crippen molar-refractivity contribution >= 4 is 21.6 Å². The van der Waals surface area contributed by atoms with Crippen molar-refractivity contribution in [1.29, 1.82) is 0 Å². The molecule has 2 N–H and O–H groups in total. The number of carbonyl (C=O) groups is 1. The third-order valence-corrected chi connectivity index (χ3v) is 4.79. The van der Waals surface area contributed by atoms with Crippen molar-refractivity contribution in [2.45, 2.75) is 37.0 Å². The average molecular weight is 296 g/mol. The number of rotatable bonds is 4. The first-order chi connectivity index (χ1) is 9.38. The van der Waals surface area contributed by atoms with Crippen molar-refractivity contribution in [2.75, 3.05) is 11.9 Å². The van der Waals surface area contributed by atoms with Crippen molar-refractivity contribution in [3.63, 3.8) is 0 Å². The van der Waals surface area contributed by atoms with E-state index in [9.17, 15) is 13.2 Å². The molecule has 1 aromatic carbocycles. The van der Waals surface area contributed by atoms with Gasteiger partial charge in [0.05, 0.1) is 4.90 Å². The van der Waals surface area contributed by atoms with E-state index in [0.29, 0.717) is 18.0 Å². The number of anilines is 1. The Bertz CT molecular complexity index is 575. The van der Waals surface area contributed by atoms with Crippen LogP contribution < -0.4 is 10.0 Å². The highest BCUT2D eigenvalue weighted by Crippen LogP contribution is 2.28. The van der Waals surface area contributed by atoms with Crippen LogP contribution in [0.25, 0.3) is 0 Å². The molecule has 1 amide bonds. The zero-order valence-electron chi connectivity index (χ0n) is 11.6. The van der Waals surface area contributed by atoms with Gasteiger partial charge in [0, 0.05) is 19.2 Å². The maximum atomic E-state index is 12.2. The molecule has 20 heavy (non-hydrogen) atoms. The molecule has 0 spiro atoms. The summed E-state index contributed by atoms with van der Waals surface area (Å²) in [5.41, 5.74) is 0.681. The molecule has 0 bridgehead atoms. The van der Waals surface area contributed by atoms with Crippen LogP contribution in [0.2, 0.25) is 0 Å². The van der Waals surface area contributed by atoms with Gasteiger partial charge in [-0.15, -0.1) is 0 Å². The van der Waals surface area contributed by atoms with Gasteiger partial charge in [0.1, 0.15) is 0 Å². The second-order valence-electron chi connectivity index (χ2n) is 5.35. The summed E-state index contributed by atoms with van der Waals surface area (Å²) < 4.78 is 22.4. The highest BCUT2D eigenvalue weighted by molar-refractivity contribution is 7.89. The van der Waals surface area contributed by atoms with Gasteiger partial charge in [-0.2, -0.15) is 0 Å². The Morgan fingerprint density at radius 3 is 2.30 bits per heavy atom. The van der Waals surface area contributed by atoms with Gasteiger partial charge in [0.2, 0.25) is 15.9 Å². The van der Waals surface area contributed by atoms with Crippen LogP contribution in [0.3, 0.4) is 0 Å². The van der Waals surface area contributed by atoms with Crippen molar-refractivity contribution in [1.82, 2.24) is 0 Å². The summed E-state index contributed by atoms with van der Waals surface area (Å²) in [6.07, 6.45) is 5.25. The Hall–Kier alpha value is -1.40. The Balaban J connectivity index is 2.04. The summed E-state index contributed by atoms with van der Waals surface area (Å²) in [5.74, 6) is 0.564. The van der Waals surface area contributed by atoms with Crippen molar-refractivity contribution < 1.29 is 13.2 Å². The second-order valence-corrected chi connectivity index (χ2v) is 6.91.